The average molecular weight is 382 g/mol. The number of rotatable bonds is 5. The van der Waals surface area contributed by atoms with Gasteiger partial charge in [0.25, 0.3) is 5.91 Å². The molecule has 0 aliphatic heterocycles. The highest BCUT2D eigenvalue weighted by Gasteiger charge is 2.15. The van der Waals surface area contributed by atoms with E-state index in [1.165, 1.54) is 13.2 Å². The summed E-state index contributed by atoms with van der Waals surface area (Å²) >= 11 is 6.18. The largest absolute Gasteiger partial charge is 0.495 e. The van der Waals surface area contributed by atoms with Gasteiger partial charge in [0.2, 0.25) is 0 Å². The van der Waals surface area contributed by atoms with Gasteiger partial charge in [0.15, 0.2) is 0 Å². The molecule has 0 bridgehead atoms. The van der Waals surface area contributed by atoms with Crippen LogP contribution in [0.2, 0.25) is 5.02 Å². The normalized spacial score (nSPS) is 10.3. The molecule has 0 aromatic heterocycles. The molecule has 6 heteroatoms. The van der Waals surface area contributed by atoms with Crippen LogP contribution in [0, 0.1) is 0 Å². The fourth-order valence-corrected chi connectivity index (χ4v) is 2.90. The molecule has 3 aromatic carbocycles. The van der Waals surface area contributed by atoms with Gasteiger partial charge in [-0.05, 0) is 47.5 Å². The van der Waals surface area contributed by atoms with Crippen molar-refractivity contribution in [2.75, 3.05) is 12.4 Å². The van der Waals surface area contributed by atoms with Gasteiger partial charge in [-0.3, -0.25) is 4.79 Å². The van der Waals surface area contributed by atoms with Crippen molar-refractivity contribution >= 4 is 29.2 Å². The van der Waals surface area contributed by atoms with Gasteiger partial charge in [-0.15, -0.1) is 0 Å². The van der Waals surface area contributed by atoms with E-state index in [0.29, 0.717) is 21.9 Å². The van der Waals surface area contributed by atoms with Crippen molar-refractivity contribution in [3.63, 3.8) is 0 Å². The van der Waals surface area contributed by atoms with Gasteiger partial charge in [0, 0.05) is 5.56 Å². The molecular weight excluding hydrogens is 366 g/mol. The fourth-order valence-electron chi connectivity index (χ4n) is 2.64. The molecule has 2 N–H and O–H groups in total. The third-order valence-corrected chi connectivity index (χ3v) is 4.31. The SMILES string of the molecule is COc1ccc(-c2ccc(C(=O)O)c(NC(=O)c3ccccc3)c2)cc1Cl. The molecule has 0 atom stereocenters. The minimum Gasteiger partial charge on any atom is -0.495 e. The second-order valence-corrected chi connectivity index (χ2v) is 6.14. The number of hydrogen-bond donors (Lipinski definition) is 2. The number of ether oxygens (including phenoxy) is 1. The molecule has 0 unspecified atom stereocenters. The lowest BCUT2D eigenvalue weighted by Crippen LogP contribution is -2.14. The second-order valence-electron chi connectivity index (χ2n) is 5.73. The summed E-state index contributed by atoms with van der Waals surface area (Å²) in [6, 6.07) is 18.6. The number of hydrogen-bond acceptors (Lipinski definition) is 3. The van der Waals surface area contributed by atoms with Crippen molar-refractivity contribution in [2.45, 2.75) is 0 Å². The molecule has 0 fully saturated rings. The minimum absolute atomic E-state index is 0.00244. The molecule has 0 aliphatic rings. The number of anilines is 1. The van der Waals surface area contributed by atoms with Crippen LogP contribution in [-0.2, 0) is 0 Å². The Labute approximate surface area is 161 Å². The Morgan fingerprint density at radius 1 is 0.963 bits per heavy atom. The number of nitrogens with one attached hydrogen (secondary N) is 1. The topological polar surface area (TPSA) is 75.6 Å². The molecule has 3 rings (SSSR count). The van der Waals surface area contributed by atoms with Gasteiger partial charge in [-0.25, -0.2) is 4.79 Å². The van der Waals surface area contributed by atoms with Crippen molar-refractivity contribution in [2.24, 2.45) is 0 Å². The molecule has 1 amide bonds. The minimum atomic E-state index is -1.13. The third-order valence-electron chi connectivity index (χ3n) is 4.02. The molecule has 0 radical (unpaired) electrons. The number of aromatic carboxylic acids is 1. The fraction of sp³-hybridized carbons (Fsp3) is 0.0476. The van der Waals surface area contributed by atoms with E-state index in [0.717, 1.165) is 5.56 Å². The lowest BCUT2D eigenvalue weighted by molar-refractivity contribution is 0.0698. The molecule has 27 heavy (non-hydrogen) atoms. The number of methoxy groups -OCH3 is 1. The first kappa shape index (κ1) is 18.5. The van der Waals surface area contributed by atoms with Gasteiger partial charge in [-0.1, -0.05) is 41.9 Å². The summed E-state index contributed by atoms with van der Waals surface area (Å²) in [4.78, 5) is 24.0. The van der Waals surface area contributed by atoms with E-state index in [2.05, 4.69) is 5.32 Å². The van der Waals surface area contributed by atoms with Crippen LogP contribution in [-0.4, -0.2) is 24.1 Å². The van der Waals surface area contributed by atoms with Gasteiger partial charge in [0.05, 0.1) is 23.4 Å². The van der Waals surface area contributed by atoms with Gasteiger partial charge >= 0.3 is 5.97 Å². The van der Waals surface area contributed by atoms with Crippen molar-refractivity contribution in [3.8, 4) is 16.9 Å². The summed E-state index contributed by atoms with van der Waals surface area (Å²) in [5.41, 5.74) is 2.14. The summed E-state index contributed by atoms with van der Waals surface area (Å²) in [5.74, 6) is -0.971. The standard InChI is InChI=1S/C21H16ClNO4/c1-27-19-10-8-14(11-17(19)22)15-7-9-16(21(25)26)18(12-15)23-20(24)13-5-3-2-4-6-13/h2-12H,1H3,(H,23,24)(H,25,26). The Morgan fingerprint density at radius 2 is 1.63 bits per heavy atom. The summed E-state index contributed by atoms with van der Waals surface area (Å²) in [6.45, 7) is 0. The first-order chi connectivity index (χ1) is 13.0. The van der Waals surface area contributed by atoms with Gasteiger partial charge in [-0.2, -0.15) is 0 Å². The van der Waals surface area contributed by atoms with Crippen LogP contribution in [0.25, 0.3) is 11.1 Å². The van der Waals surface area contributed by atoms with Crippen LogP contribution in [0.5, 0.6) is 5.75 Å². The van der Waals surface area contributed by atoms with E-state index in [1.54, 1.807) is 54.6 Å². The zero-order chi connectivity index (χ0) is 19.4. The number of halogens is 1. The van der Waals surface area contributed by atoms with Crippen molar-refractivity contribution in [1.82, 2.24) is 0 Å². The maximum absolute atomic E-state index is 12.4. The van der Waals surface area contributed by atoms with E-state index in [9.17, 15) is 14.7 Å². The molecule has 0 heterocycles. The van der Waals surface area contributed by atoms with Crippen molar-refractivity contribution in [3.05, 3.63) is 82.9 Å². The Kier molecular flexibility index (Phi) is 5.43. The molecule has 0 aliphatic carbocycles. The van der Waals surface area contributed by atoms with Gasteiger partial charge < -0.3 is 15.2 Å². The quantitative estimate of drug-likeness (QED) is 0.654. The highest BCUT2D eigenvalue weighted by molar-refractivity contribution is 6.32. The highest BCUT2D eigenvalue weighted by atomic mass is 35.5. The van der Waals surface area contributed by atoms with Crippen LogP contribution in [0.3, 0.4) is 0 Å². The number of benzene rings is 3. The van der Waals surface area contributed by atoms with E-state index < -0.39 is 5.97 Å². The molecule has 0 spiro atoms. The Bertz CT molecular complexity index is 1000. The zero-order valence-corrected chi connectivity index (χ0v) is 15.2. The third kappa shape index (κ3) is 4.10. The summed E-state index contributed by atoms with van der Waals surface area (Å²) in [5, 5.41) is 12.5. The molecule has 3 aromatic rings. The van der Waals surface area contributed by atoms with Crippen LogP contribution in [0.15, 0.2) is 66.7 Å². The number of carboxylic acid groups (broad SMARTS) is 1. The van der Waals surface area contributed by atoms with Crippen LogP contribution >= 0.6 is 11.6 Å². The van der Waals surface area contributed by atoms with Crippen LogP contribution < -0.4 is 10.1 Å². The molecule has 136 valence electrons. The first-order valence-corrected chi connectivity index (χ1v) is 8.45. The number of carboxylic acids is 1. The monoisotopic (exact) mass is 381 g/mol. The lowest BCUT2D eigenvalue weighted by atomic mass is 10.0. The number of amides is 1. The van der Waals surface area contributed by atoms with E-state index in [4.69, 9.17) is 16.3 Å². The summed E-state index contributed by atoms with van der Waals surface area (Å²) in [7, 11) is 1.53. The first-order valence-electron chi connectivity index (χ1n) is 8.07. The predicted molar refractivity (Wildman–Crippen MR) is 105 cm³/mol. The summed E-state index contributed by atoms with van der Waals surface area (Å²) in [6.07, 6.45) is 0. The number of carbonyl (C=O) groups is 2. The highest BCUT2D eigenvalue weighted by Crippen LogP contribution is 2.32. The molecule has 0 saturated carbocycles. The van der Waals surface area contributed by atoms with Gasteiger partial charge in [0.1, 0.15) is 5.75 Å². The Morgan fingerprint density at radius 3 is 2.26 bits per heavy atom. The average Bonchev–Trinajstić information content (AvgIpc) is 2.68. The Hall–Kier alpha value is -3.31. The predicted octanol–water partition coefficient (Wildman–Crippen LogP) is 4.97. The Balaban J connectivity index is 1.99. The van der Waals surface area contributed by atoms with E-state index in [-0.39, 0.29) is 17.2 Å². The molecular formula is C21H16ClNO4. The van der Waals surface area contributed by atoms with E-state index >= 15 is 0 Å². The van der Waals surface area contributed by atoms with Crippen LogP contribution in [0.1, 0.15) is 20.7 Å². The lowest BCUT2D eigenvalue weighted by Gasteiger charge is -2.12. The van der Waals surface area contributed by atoms with Crippen molar-refractivity contribution in [1.29, 1.82) is 0 Å². The zero-order valence-electron chi connectivity index (χ0n) is 14.4. The maximum Gasteiger partial charge on any atom is 0.337 e. The maximum atomic E-state index is 12.4. The summed E-state index contributed by atoms with van der Waals surface area (Å²) < 4.78 is 5.15. The van der Waals surface area contributed by atoms with E-state index in [1.807, 2.05) is 6.07 Å². The smallest absolute Gasteiger partial charge is 0.337 e. The molecule has 5 nitrogen and oxygen atoms in total. The number of carbonyl (C=O) groups excluding carboxylic acids is 1. The van der Waals surface area contributed by atoms with Crippen molar-refractivity contribution < 1.29 is 19.4 Å². The molecule has 0 saturated heterocycles. The van der Waals surface area contributed by atoms with Crippen LogP contribution in [0.4, 0.5) is 5.69 Å². The second kappa shape index (κ2) is 7.93.